The molecule has 0 aromatic carbocycles. The van der Waals surface area contributed by atoms with Crippen molar-refractivity contribution in [3.8, 4) is 0 Å². The van der Waals surface area contributed by atoms with Gasteiger partial charge in [-0.1, -0.05) is 20.8 Å². The molecule has 1 aromatic rings. The number of amides is 1. The standard InChI is InChI=1S/C16H23FN4O/c1-7-14-15(20(6)16(22)11(2)3)10-21(19-14)12(4)8-13(17)9-18-5/h8-11H,5,7H2,1-4,6H3/b12-8+,13-9+. The van der Waals surface area contributed by atoms with Gasteiger partial charge in [-0.05, 0) is 26.1 Å². The Hall–Kier alpha value is -2.24. The van der Waals surface area contributed by atoms with Crippen LogP contribution in [-0.2, 0) is 11.2 Å². The molecule has 1 rings (SSSR count). The minimum atomic E-state index is -0.505. The summed E-state index contributed by atoms with van der Waals surface area (Å²) in [7, 11) is 1.73. The average molecular weight is 306 g/mol. The van der Waals surface area contributed by atoms with Gasteiger partial charge in [-0.3, -0.25) is 9.79 Å². The van der Waals surface area contributed by atoms with Crippen molar-refractivity contribution in [1.29, 1.82) is 0 Å². The Labute approximate surface area is 130 Å². The number of halogens is 1. The Balaban J connectivity index is 3.19. The van der Waals surface area contributed by atoms with Crippen LogP contribution in [0.15, 0.2) is 29.3 Å². The van der Waals surface area contributed by atoms with Crippen LogP contribution in [0.3, 0.4) is 0 Å². The molecular formula is C16H23FN4O. The molecule has 0 aliphatic rings. The molecule has 0 N–H and O–H groups in total. The fourth-order valence-corrected chi connectivity index (χ4v) is 2.01. The molecule has 0 saturated heterocycles. The van der Waals surface area contributed by atoms with Gasteiger partial charge in [-0.15, -0.1) is 0 Å². The molecule has 0 spiro atoms. The number of rotatable bonds is 6. The van der Waals surface area contributed by atoms with E-state index >= 15 is 0 Å². The first-order chi connectivity index (χ1) is 10.3. The van der Waals surface area contributed by atoms with E-state index in [0.717, 1.165) is 17.6 Å². The predicted molar refractivity (Wildman–Crippen MR) is 88.5 cm³/mol. The van der Waals surface area contributed by atoms with Crippen molar-refractivity contribution in [2.24, 2.45) is 10.9 Å². The lowest BCUT2D eigenvalue weighted by molar-refractivity contribution is -0.121. The molecule has 0 radical (unpaired) electrons. The van der Waals surface area contributed by atoms with Gasteiger partial charge in [0.05, 0.1) is 23.8 Å². The molecule has 0 aliphatic heterocycles. The van der Waals surface area contributed by atoms with Crippen molar-refractivity contribution >= 4 is 24.0 Å². The number of aryl methyl sites for hydroxylation is 1. The highest BCUT2D eigenvalue weighted by atomic mass is 19.1. The largest absolute Gasteiger partial charge is 0.312 e. The third-order valence-electron chi connectivity index (χ3n) is 3.21. The van der Waals surface area contributed by atoms with Crippen molar-refractivity contribution in [2.75, 3.05) is 11.9 Å². The summed E-state index contributed by atoms with van der Waals surface area (Å²) in [5, 5.41) is 4.42. The van der Waals surface area contributed by atoms with Gasteiger partial charge in [0.25, 0.3) is 0 Å². The molecule has 1 heterocycles. The van der Waals surface area contributed by atoms with Gasteiger partial charge in [0.15, 0.2) is 0 Å². The van der Waals surface area contributed by atoms with Gasteiger partial charge >= 0.3 is 0 Å². The molecule has 1 aromatic heterocycles. The first-order valence-corrected chi connectivity index (χ1v) is 7.18. The number of aromatic nitrogens is 2. The van der Waals surface area contributed by atoms with Gasteiger partial charge in [0.2, 0.25) is 5.91 Å². The third-order valence-corrected chi connectivity index (χ3v) is 3.21. The highest BCUT2D eigenvalue weighted by molar-refractivity contribution is 5.94. The van der Waals surface area contributed by atoms with Crippen LogP contribution >= 0.6 is 0 Å². The van der Waals surface area contributed by atoms with Crippen LogP contribution in [-0.4, -0.2) is 29.5 Å². The SMILES string of the molecule is C=N/C=C(F)\C=C(/C)n1cc(N(C)C(=O)C(C)C)c(CC)n1. The van der Waals surface area contributed by atoms with E-state index in [2.05, 4.69) is 16.8 Å². The first kappa shape index (κ1) is 17.8. The quantitative estimate of drug-likeness (QED) is 0.597. The first-order valence-electron chi connectivity index (χ1n) is 7.18. The van der Waals surface area contributed by atoms with E-state index in [4.69, 9.17) is 0 Å². The smallest absolute Gasteiger partial charge is 0.229 e. The summed E-state index contributed by atoms with van der Waals surface area (Å²) in [5.74, 6) is -0.597. The maximum Gasteiger partial charge on any atom is 0.229 e. The third kappa shape index (κ3) is 4.13. The number of hydrogen-bond acceptors (Lipinski definition) is 3. The molecule has 0 unspecified atom stereocenters. The predicted octanol–water partition coefficient (Wildman–Crippen LogP) is 3.44. The molecule has 6 heteroatoms. The average Bonchev–Trinajstić information content (AvgIpc) is 2.89. The topological polar surface area (TPSA) is 50.5 Å². The van der Waals surface area contributed by atoms with Crippen molar-refractivity contribution in [1.82, 2.24) is 9.78 Å². The molecule has 0 aliphatic carbocycles. The molecule has 5 nitrogen and oxygen atoms in total. The van der Waals surface area contributed by atoms with E-state index < -0.39 is 5.83 Å². The van der Waals surface area contributed by atoms with Crippen molar-refractivity contribution in [3.63, 3.8) is 0 Å². The summed E-state index contributed by atoms with van der Waals surface area (Å²) in [6.45, 7) is 10.6. The zero-order valence-corrected chi connectivity index (χ0v) is 13.8. The zero-order chi connectivity index (χ0) is 16.9. The summed E-state index contributed by atoms with van der Waals surface area (Å²) in [4.78, 5) is 17.1. The second-order valence-electron chi connectivity index (χ2n) is 5.29. The summed E-state index contributed by atoms with van der Waals surface area (Å²) in [6.07, 6.45) is 4.76. The van der Waals surface area contributed by atoms with Crippen LogP contribution in [0.1, 0.15) is 33.4 Å². The Morgan fingerprint density at radius 2 is 2.23 bits per heavy atom. The highest BCUT2D eigenvalue weighted by Crippen LogP contribution is 2.23. The fraction of sp³-hybridized carbons (Fsp3) is 0.438. The number of hydrogen-bond donors (Lipinski definition) is 0. The Morgan fingerprint density at radius 3 is 2.73 bits per heavy atom. The number of aliphatic imine (C=N–C) groups is 1. The number of carbonyl (C=O) groups is 1. The molecule has 1 amide bonds. The monoisotopic (exact) mass is 306 g/mol. The zero-order valence-electron chi connectivity index (χ0n) is 13.8. The van der Waals surface area contributed by atoms with Crippen LogP contribution in [0.4, 0.5) is 10.1 Å². The second-order valence-corrected chi connectivity index (χ2v) is 5.29. The molecule has 0 bridgehead atoms. The minimum absolute atomic E-state index is 0.0119. The fourth-order valence-electron chi connectivity index (χ4n) is 2.01. The number of carbonyl (C=O) groups excluding carboxylic acids is 1. The van der Waals surface area contributed by atoms with E-state index in [-0.39, 0.29) is 11.8 Å². The maximum absolute atomic E-state index is 13.5. The number of anilines is 1. The molecule has 22 heavy (non-hydrogen) atoms. The van der Waals surface area contributed by atoms with Crippen molar-refractivity contribution in [2.45, 2.75) is 34.1 Å². The van der Waals surface area contributed by atoms with E-state index in [9.17, 15) is 9.18 Å². The van der Waals surface area contributed by atoms with Gasteiger partial charge in [-0.2, -0.15) is 5.10 Å². The Kier molecular flexibility index (Phi) is 6.22. The van der Waals surface area contributed by atoms with E-state index in [1.54, 1.807) is 29.7 Å². The summed E-state index contributed by atoms with van der Waals surface area (Å²) >= 11 is 0. The second kappa shape index (κ2) is 7.68. The Morgan fingerprint density at radius 1 is 1.59 bits per heavy atom. The molecular weight excluding hydrogens is 283 g/mol. The van der Waals surface area contributed by atoms with Crippen LogP contribution in [0, 0.1) is 5.92 Å². The van der Waals surface area contributed by atoms with E-state index in [1.807, 2.05) is 20.8 Å². The number of allylic oxidation sites excluding steroid dienone is 3. The lowest BCUT2D eigenvalue weighted by Gasteiger charge is -2.18. The minimum Gasteiger partial charge on any atom is -0.312 e. The van der Waals surface area contributed by atoms with Crippen LogP contribution in [0.5, 0.6) is 0 Å². The van der Waals surface area contributed by atoms with Crippen molar-refractivity contribution < 1.29 is 9.18 Å². The molecule has 0 atom stereocenters. The van der Waals surface area contributed by atoms with Gasteiger partial charge in [0.1, 0.15) is 5.83 Å². The van der Waals surface area contributed by atoms with E-state index in [0.29, 0.717) is 12.1 Å². The van der Waals surface area contributed by atoms with E-state index in [1.165, 1.54) is 6.08 Å². The van der Waals surface area contributed by atoms with Gasteiger partial charge < -0.3 is 4.90 Å². The lowest BCUT2D eigenvalue weighted by atomic mass is 10.2. The number of nitrogens with zero attached hydrogens (tertiary/aromatic N) is 4. The normalized spacial score (nSPS) is 12.7. The van der Waals surface area contributed by atoms with Crippen molar-refractivity contribution in [3.05, 3.63) is 30.0 Å². The molecule has 0 fully saturated rings. The van der Waals surface area contributed by atoms with Crippen LogP contribution in [0.2, 0.25) is 0 Å². The van der Waals surface area contributed by atoms with Crippen LogP contribution in [0.25, 0.3) is 5.70 Å². The van der Waals surface area contributed by atoms with Crippen LogP contribution < -0.4 is 4.90 Å². The molecule has 120 valence electrons. The van der Waals surface area contributed by atoms with Gasteiger partial charge in [-0.25, -0.2) is 9.07 Å². The Bertz CT molecular complexity index is 614. The summed E-state index contributed by atoms with van der Waals surface area (Å²) in [6, 6.07) is 0. The summed E-state index contributed by atoms with van der Waals surface area (Å²) < 4.78 is 15.0. The van der Waals surface area contributed by atoms with Gasteiger partial charge in [0, 0.05) is 18.7 Å². The maximum atomic E-state index is 13.5. The highest BCUT2D eigenvalue weighted by Gasteiger charge is 2.20. The lowest BCUT2D eigenvalue weighted by Crippen LogP contribution is -2.30. The molecule has 0 saturated carbocycles. The summed E-state index contributed by atoms with van der Waals surface area (Å²) in [5.41, 5.74) is 2.11.